The van der Waals surface area contributed by atoms with E-state index >= 15 is 0 Å². The van der Waals surface area contributed by atoms with Crippen molar-refractivity contribution in [2.24, 2.45) is 0 Å². The number of hydrogen-bond donors (Lipinski definition) is 2. The molecular formula is C18H34N4O3. The molecule has 0 saturated carbocycles. The van der Waals surface area contributed by atoms with E-state index in [-0.39, 0.29) is 17.5 Å². The number of urea groups is 1. The molecule has 0 aliphatic carbocycles. The molecule has 0 aromatic heterocycles. The smallest absolute Gasteiger partial charge is 0.314 e. The molecule has 7 nitrogen and oxygen atoms in total. The molecule has 0 unspecified atom stereocenters. The third-order valence-corrected chi connectivity index (χ3v) is 5.11. The first-order chi connectivity index (χ1) is 12.0. The second-order valence-electron chi connectivity index (χ2n) is 7.57. The minimum atomic E-state index is -0.136. The topological polar surface area (TPSA) is 73.9 Å². The van der Waals surface area contributed by atoms with E-state index in [0.29, 0.717) is 19.5 Å². The zero-order chi connectivity index (χ0) is 18.1. The lowest BCUT2D eigenvalue weighted by molar-refractivity contribution is -0.130. The first kappa shape index (κ1) is 20.0. The van der Waals surface area contributed by atoms with E-state index in [9.17, 15) is 9.59 Å². The van der Waals surface area contributed by atoms with Crippen molar-refractivity contribution in [3.05, 3.63) is 0 Å². The molecule has 2 fully saturated rings. The minimum absolute atomic E-state index is 0.0837. The summed E-state index contributed by atoms with van der Waals surface area (Å²) >= 11 is 0. The Bertz CT molecular complexity index is 436. The molecule has 2 saturated heterocycles. The number of carbonyl (C=O) groups is 2. The van der Waals surface area contributed by atoms with Crippen molar-refractivity contribution >= 4 is 11.9 Å². The van der Waals surface area contributed by atoms with Crippen molar-refractivity contribution in [1.82, 2.24) is 20.4 Å². The van der Waals surface area contributed by atoms with Crippen LogP contribution < -0.4 is 10.6 Å². The summed E-state index contributed by atoms with van der Waals surface area (Å²) in [5.74, 6) is 0.259. The highest BCUT2D eigenvalue weighted by Crippen LogP contribution is 2.15. The van der Waals surface area contributed by atoms with Gasteiger partial charge in [0.15, 0.2) is 0 Å². The fourth-order valence-corrected chi connectivity index (χ4v) is 3.39. The number of ether oxygens (including phenoxy) is 1. The normalized spacial score (nSPS) is 20.2. The summed E-state index contributed by atoms with van der Waals surface area (Å²) in [6, 6.07) is -0.136. The highest BCUT2D eigenvalue weighted by Gasteiger charge is 2.28. The number of carbonyl (C=O) groups excluding carboxylic acids is 2. The van der Waals surface area contributed by atoms with Crippen LogP contribution in [0.5, 0.6) is 0 Å². The molecule has 2 aliphatic rings. The molecule has 3 amide bonds. The summed E-state index contributed by atoms with van der Waals surface area (Å²) in [4.78, 5) is 28.2. The lowest BCUT2D eigenvalue weighted by Crippen LogP contribution is -2.56. The van der Waals surface area contributed by atoms with Crippen LogP contribution >= 0.6 is 0 Å². The van der Waals surface area contributed by atoms with Crippen LogP contribution in [0.4, 0.5) is 4.79 Å². The van der Waals surface area contributed by atoms with Gasteiger partial charge in [0.05, 0.1) is 13.2 Å². The molecule has 0 spiro atoms. The van der Waals surface area contributed by atoms with Gasteiger partial charge in [-0.1, -0.05) is 6.42 Å². The van der Waals surface area contributed by atoms with Gasteiger partial charge in [0.2, 0.25) is 5.91 Å². The number of hydrogen-bond acceptors (Lipinski definition) is 4. The van der Waals surface area contributed by atoms with Crippen LogP contribution in [0.3, 0.4) is 0 Å². The number of rotatable bonds is 7. The quantitative estimate of drug-likeness (QED) is 0.674. The number of nitrogens with one attached hydrogen (secondary N) is 2. The van der Waals surface area contributed by atoms with Crippen molar-refractivity contribution in [3.8, 4) is 0 Å². The molecule has 0 radical (unpaired) electrons. The zero-order valence-corrected chi connectivity index (χ0v) is 15.8. The van der Waals surface area contributed by atoms with Gasteiger partial charge in [-0.2, -0.15) is 0 Å². The van der Waals surface area contributed by atoms with E-state index in [4.69, 9.17) is 4.74 Å². The maximum absolute atomic E-state index is 12.0. The van der Waals surface area contributed by atoms with Gasteiger partial charge >= 0.3 is 6.03 Å². The average molecular weight is 354 g/mol. The van der Waals surface area contributed by atoms with Gasteiger partial charge in [-0.3, -0.25) is 9.69 Å². The lowest BCUT2D eigenvalue weighted by Gasteiger charge is -2.40. The molecule has 144 valence electrons. The standard InChI is InChI=1S/C18H34N4O3/c1-18(2,22-11-13-25-14-12-22)15-20-17(24)19-8-6-10-21-9-5-3-4-7-16(21)23/h3-15H2,1-2H3,(H2,19,20,24). The van der Waals surface area contributed by atoms with Crippen LogP contribution in [0, 0.1) is 0 Å². The summed E-state index contributed by atoms with van der Waals surface area (Å²) < 4.78 is 5.38. The first-order valence-corrected chi connectivity index (χ1v) is 9.61. The Labute approximate surface area is 151 Å². The number of amides is 3. The summed E-state index contributed by atoms with van der Waals surface area (Å²) in [5, 5.41) is 5.86. The first-order valence-electron chi connectivity index (χ1n) is 9.61. The maximum atomic E-state index is 12.0. The highest BCUT2D eigenvalue weighted by molar-refractivity contribution is 5.76. The average Bonchev–Trinajstić information content (AvgIpc) is 2.82. The van der Waals surface area contributed by atoms with E-state index < -0.39 is 0 Å². The predicted octanol–water partition coefficient (Wildman–Crippen LogP) is 1.19. The summed E-state index contributed by atoms with van der Waals surface area (Å²) in [5.41, 5.74) is -0.0837. The van der Waals surface area contributed by atoms with Crippen LogP contribution in [0.25, 0.3) is 0 Å². The largest absolute Gasteiger partial charge is 0.379 e. The van der Waals surface area contributed by atoms with Crippen molar-refractivity contribution in [2.45, 2.75) is 51.5 Å². The fraction of sp³-hybridized carbons (Fsp3) is 0.889. The third kappa shape index (κ3) is 6.82. The monoisotopic (exact) mass is 354 g/mol. The molecule has 2 heterocycles. The van der Waals surface area contributed by atoms with Gasteiger partial charge in [-0.05, 0) is 33.1 Å². The fourth-order valence-electron chi connectivity index (χ4n) is 3.39. The predicted molar refractivity (Wildman–Crippen MR) is 97.5 cm³/mol. The minimum Gasteiger partial charge on any atom is -0.379 e. The highest BCUT2D eigenvalue weighted by atomic mass is 16.5. The van der Waals surface area contributed by atoms with E-state index in [1.807, 2.05) is 4.90 Å². The Morgan fingerprint density at radius 2 is 1.88 bits per heavy atom. The Kier molecular flexibility index (Phi) is 7.96. The molecule has 2 aliphatic heterocycles. The van der Waals surface area contributed by atoms with Crippen molar-refractivity contribution in [1.29, 1.82) is 0 Å². The molecule has 0 aromatic carbocycles. The summed E-state index contributed by atoms with van der Waals surface area (Å²) in [7, 11) is 0. The Balaban J connectivity index is 1.59. The van der Waals surface area contributed by atoms with Crippen molar-refractivity contribution < 1.29 is 14.3 Å². The SMILES string of the molecule is CC(C)(CNC(=O)NCCCN1CCCCCC1=O)N1CCOCC1. The zero-order valence-electron chi connectivity index (χ0n) is 15.8. The Hall–Kier alpha value is -1.34. The maximum Gasteiger partial charge on any atom is 0.314 e. The van der Waals surface area contributed by atoms with E-state index in [1.54, 1.807) is 0 Å². The van der Waals surface area contributed by atoms with Crippen LogP contribution in [-0.2, 0) is 9.53 Å². The second kappa shape index (κ2) is 9.97. The van der Waals surface area contributed by atoms with Gasteiger partial charge in [-0.15, -0.1) is 0 Å². The molecule has 25 heavy (non-hydrogen) atoms. The van der Waals surface area contributed by atoms with Crippen LogP contribution in [-0.4, -0.2) is 79.8 Å². The number of likely N-dealkylation sites (tertiary alicyclic amines) is 1. The molecule has 2 rings (SSSR count). The Morgan fingerprint density at radius 1 is 1.12 bits per heavy atom. The van der Waals surface area contributed by atoms with Gasteiger partial charge in [-0.25, -0.2) is 4.79 Å². The summed E-state index contributed by atoms with van der Waals surface area (Å²) in [6.07, 6.45) is 4.71. The van der Waals surface area contributed by atoms with Crippen LogP contribution in [0.15, 0.2) is 0 Å². The van der Waals surface area contributed by atoms with Gasteiger partial charge in [0.1, 0.15) is 0 Å². The van der Waals surface area contributed by atoms with Gasteiger partial charge < -0.3 is 20.3 Å². The Morgan fingerprint density at radius 3 is 2.64 bits per heavy atom. The molecule has 0 atom stereocenters. The van der Waals surface area contributed by atoms with E-state index in [2.05, 4.69) is 29.4 Å². The number of nitrogens with zero attached hydrogens (tertiary/aromatic N) is 2. The molecular weight excluding hydrogens is 320 g/mol. The summed E-state index contributed by atoms with van der Waals surface area (Å²) in [6.45, 7) is 10.4. The van der Waals surface area contributed by atoms with E-state index in [1.165, 1.54) is 0 Å². The van der Waals surface area contributed by atoms with Crippen LogP contribution in [0.2, 0.25) is 0 Å². The van der Waals surface area contributed by atoms with Crippen molar-refractivity contribution in [2.75, 3.05) is 52.5 Å². The van der Waals surface area contributed by atoms with Gasteiger partial charge in [0.25, 0.3) is 0 Å². The number of morpholine rings is 1. The molecule has 7 heteroatoms. The molecule has 2 N–H and O–H groups in total. The van der Waals surface area contributed by atoms with Crippen molar-refractivity contribution in [3.63, 3.8) is 0 Å². The van der Waals surface area contributed by atoms with E-state index in [0.717, 1.165) is 65.1 Å². The molecule has 0 bridgehead atoms. The second-order valence-corrected chi connectivity index (χ2v) is 7.57. The molecule has 0 aromatic rings. The van der Waals surface area contributed by atoms with Crippen LogP contribution in [0.1, 0.15) is 46.0 Å². The third-order valence-electron chi connectivity index (χ3n) is 5.11. The lowest BCUT2D eigenvalue weighted by atomic mass is 10.0. The van der Waals surface area contributed by atoms with Gasteiger partial charge in [0, 0.05) is 51.2 Å².